The summed E-state index contributed by atoms with van der Waals surface area (Å²) in [5, 5.41) is 29.9. The lowest BCUT2D eigenvalue weighted by atomic mass is 9.84. The van der Waals surface area contributed by atoms with Gasteiger partial charge in [0.25, 0.3) is 0 Å². The van der Waals surface area contributed by atoms with Crippen LogP contribution in [0.2, 0.25) is 0 Å². The number of hydrogen-bond donors (Lipinski definition) is 0. The molecule has 1 aliphatic heterocycles. The smallest absolute Gasteiger partial charge is 0.319 e. The maximum Gasteiger partial charge on any atom is 0.319 e. The molecule has 0 spiro atoms. The van der Waals surface area contributed by atoms with Crippen LogP contribution in [-0.2, 0) is 5.21 Å². The maximum absolute atomic E-state index is 12.4. The Balaban J connectivity index is 2.52. The average Bonchev–Trinajstić information content (AvgIpc) is 2.81. The highest BCUT2D eigenvalue weighted by molar-refractivity contribution is 5.95. The third-order valence-electron chi connectivity index (χ3n) is 4.29. The van der Waals surface area contributed by atoms with Crippen LogP contribution in [0.4, 0.5) is 0 Å². The fraction of sp³-hybridized carbons (Fsp3) is 0.692. The molecule has 0 N–H and O–H groups in total. The zero-order valence-corrected chi connectivity index (χ0v) is 12.3. The van der Waals surface area contributed by atoms with Gasteiger partial charge in [-0.1, -0.05) is 5.06 Å². The minimum absolute atomic E-state index is 0.141. The van der Waals surface area contributed by atoms with Gasteiger partial charge in [-0.05, 0) is 41.5 Å². The molecule has 6 heteroatoms. The summed E-state index contributed by atoms with van der Waals surface area (Å²) in [4.78, 5) is 0. The van der Waals surface area contributed by atoms with Crippen LogP contribution >= 0.6 is 0 Å². The number of amidine groups is 1. The third-order valence-corrected chi connectivity index (χ3v) is 4.29. The van der Waals surface area contributed by atoms with E-state index < -0.39 is 11.1 Å². The maximum atomic E-state index is 12.4. The first kappa shape index (κ1) is 13.9. The Bertz CT molecular complexity index is 529. The molecular formula is C13H21N4O2. The largest absolute Gasteiger partial charge is 0.714 e. The number of hydroxylamine groups is 3. The molecule has 19 heavy (non-hydrogen) atoms. The summed E-state index contributed by atoms with van der Waals surface area (Å²) in [7, 11) is 0. The molecule has 0 aliphatic carbocycles. The van der Waals surface area contributed by atoms with Gasteiger partial charge in [-0.3, -0.25) is 9.42 Å². The second-order valence-corrected chi connectivity index (χ2v) is 6.33. The zero-order chi connectivity index (χ0) is 14.6. The molecule has 2 rings (SSSR count). The van der Waals surface area contributed by atoms with E-state index in [2.05, 4.69) is 5.10 Å². The SMILES string of the molecule is CC(C)n1cc(C2=[N+]([O-])C(C)(C)C(C)(C)N2[O])cn1. The highest BCUT2D eigenvalue weighted by Crippen LogP contribution is 2.37. The summed E-state index contributed by atoms with van der Waals surface area (Å²) >= 11 is 0. The fourth-order valence-electron chi connectivity index (χ4n) is 2.08. The molecule has 0 unspecified atom stereocenters. The second kappa shape index (κ2) is 3.96. The Labute approximate surface area is 113 Å². The minimum Gasteiger partial charge on any atom is -0.714 e. The Hall–Kier alpha value is -1.56. The van der Waals surface area contributed by atoms with Crippen molar-refractivity contribution in [2.24, 2.45) is 0 Å². The molecule has 0 atom stereocenters. The van der Waals surface area contributed by atoms with Gasteiger partial charge in [0.2, 0.25) is 0 Å². The van der Waals surface area contributed by atoms with Crippen LogP contribution in [-0.4, -0.2) is 36.5 Å². The molecule has 0 aromatic carbocycles. The normalized spacial score (nSPS) is 21.6. The van der Waals surface area contributed by atoms with E-state index in [4.69, 9.17) is 0 Å². The van der Waals surface area contributed by atoms with Crippen molar-refractivity contribution in [2.75, 3.05) is 0 Å². The first-order valence-electron chi connectivity index (χ1n) is 6.47. The van der Waals surface area contributed by atoms with Crippen molar-refractivity contribution in [2.45, 2.75) is 58.7 Å². The van der Waals surface area contributed by atoms with Gasteiger partial charge in [0, 0.05) is 17.4 Å². The summed E-state index contributed by atoms with van der Waals surface area (Å²) in [6.07, 6.45) is 3.32. The van der Waals surface area contributed by atoms with Gasteiger partial charge in [-0.2, -0.15) is 5.10 Å². The van der Waals surface area contributed by atoms with Crippen LogP contribution in [0.1, 0.15) is 53.1 Å². The minimum atomic E-state index is -0.788. The molecule has 0 fully saturated rings. The van der Waals surface area contributed by atoms with Gasteiger partial charge in [0.05, 0.1) is 6.20 Å². The first-order chi connectivity index (χ1) is 8.60. The monoisotopic (exact) mass is 265 g/mol. The zero-order valence-electron chi connectivity index (χ0n) is 12.3. The highest BCUT2D eigenvalue weighted by Gasteiger charge is 2.60. The second-order valence-electron chi connectivity index (χ2n) is 6.33. The molecule has 105 valence electrons. The van der Waals surface area contributed by atoms with Crippen molar-refractivity contribution < 1.29 is 9.95 Å². The molecule has 6 nitrogen and oxygen atoms in total. The van der Waals surface area contributed by atoms with Crippen molar-refractivity contribution in [3.05, 3.63) is 23.2 Å². The van der Waals surface area contributed by atoms with Crippen molar-refractivity contribution in [1.29, 1.82) is 0 Å². The Morgan fingerprint density at radius 2 is 1.89 bits per heavy atom. The lowest BCUT2D eigenvalue weighted by Crippen LogP contribution is -2.53. The van der Waals surface area contributed by atoms with Gasteiger partial charge in [-0.25, -0.2) is 0 Å². The number of aromatic nitrogens is 2. The predicted molar refractivity (Wildman–Crippen MR) is 71.0 cm³/mol. The molecule has 0 saturated carbocycles. The first-order valence-corrected chi connectivity index (χ1v) is 6.47. The molecule has 0 amide bonds. The van der Waals surface area contributed by atoms with Crippen molar-refractivity contribution in [3.63, 3.8) is 0 Å². The predicted octanol–water partition coefficient (Wildman–Crippen LogP) is 1.94. The standard InChI is InChI=1S/C13H21N4O2/c1-9(2)15-8-10(7-14-15)11-16(18)12(3,4)13(5,6)17(11)19/h7-9H,1-6H3. The van der Waals surface area contributed by atoms with E-state index in [-0.39, 0.29) is 11.9 Å². The van der Waals surface area contributed by atoms with E-state index >= 15 is 0 Å². The topological polar surface area (TPSA) is 67.0 Å². The molecule has 1 aromatic rings. The molecule has 1 aromatic heterocycles. The Morgan fingerprint density at radius 1 is 1.32 bits per heavy atom. The Morgan fingerprint density at radius 3 is 2.26 bits per heavy atom. The van der Waals surface area contributed by atoms with Crippen molar-refractivity contribution >= 4 is 5.84 Å². The van der Waals surface area contributed by atoms with Crippen LogP contribution < -0.4 is 0 Å². The van der Waals surface area contributed by atoms with E-state index in [0.717, 1.165) is 9.80 Å². The van der Waals surface area contributed by atoms with Gasteiger partial charge in [-0.15, -0.1) is 0 Å². The van der Waals surface area contributed by atoms with Gasteiger partial charge >= 0.3 is 5.84 Å². The summed E-state index contributed by atoms with van der Waals surface area (Å²) < 4.78 is 2.55. The summed E-state index contributed by atoms with van der Waals surface area (Å²) in [5.74, 6) is 0.141. The number of nitrogens with zero attached hydrogens (tertiary/aromatic N) is 4. The van der Waals surface area contributed by atoms with Crippen molar-refractivity contribution in [3.8, 4) is 0 Å². The van der Waals surface area contributed by atoms with Crippen LogP contribution in [0.5, 0.6) is 0 Å². The lowest BCUT2D eigenvalue weighted by Gasteiger charge is -2.32. The van der Waals surface area contributed by atoms with E-state index in [9.17, 15) is 10.4 Å². The molecule has 0 saturated heterocycles. The lowest BCUT2D eigenvalue weighted by molar-refractivity contribution is -0.539. The van der Waals surface area contributed by atoms with Crippen LogP contribution in [0.25, 0.3) is 0 Å². The molecule has 2 heterocycles. The summed E-state index contributed by atoms with van der Waals surface area (Å²) in [5.41, 5.74) is -1.01. The van der Waals surface area contributed by atoms with Crippen LogP contribution in [0.3, 0.4) is 0 Å². The van der Waals surface area contributed by atoms with Crippen LogP contribution in [0, 0.1) is 5.21 Å². The average molecular weight is 265 g/mol. The van der Waals surface area contributed by atoms with Gasteiger partial charge < -0.3 is 5.21 Å². The van der Waals surface area contributed by atoms with E-state index in [1.165, 1.54) is 0 Å². The number of hydrogen-bond acceptors (Lipinski definition) is 3. The van der Waals surface area contributed by atoms with Crippen LogP contribution in [0.15, 0.2) is 12.4 Å². The Kier molecular flexibility index (Phi) is 2.89. The molecular weight excluding hydrogens is 244 g/mol. The van der Waals surface area contributed by atoms with Crippen molar-refractivity contribution in [1.82, 2.24) is 14.8 Å². The van der Waals surface area contributed by atoms with E-state index in [1.807, 2.05) is 13.8 Å². The molecule has 1 radical (unpaired) electrons. The third kappa shape index (κ3) is 1.74. The number of rotatable bonds is 2. The van der Waals surface area contributed by atoms with E-state index in [0.29, 0.717) is 5.56 Å². The molecule has 1 aliphatic rings. The summed E-state index contributed by atoms with van der Waals surface area (Å²) in [6.45, 7) is 11.1. The fourth-order valence-corrected chi connectivity index (χ4v) is 2.08. The summed E-state index contributed by atoms with van der Waals surface area (Å²) in [6, 6.07) is 0.192. The van der Waals surface area contributed by atoms with E-state index in [1.54, 1.807) is 44.8 Å². The molecule has 0 bridgehead atoms. The quantitative estimate of drug-likeness (QED) is 0.606. The van der Waals surface area contributed by atoms with Gasteiger partial charge in [0.1, 0.15) is 11.1 Å². The van der Waals surface area contributed by atoms with Gasteiger partial charge in [0.15, 0.2) is 5.54 Å². The highest BCUT2D eigenvalue weighted by atomic mass is 16.5.